The summed E-state index contributed by atoms with van der Waals surface area (Å²) in [5.74, 6) is 0.924. The SMILES string of the molecule is CCCOc1ccc(C(COCCOCC)NCC)cc1. The minimum Gasteiger partial charge on any atom is -0.494 e. The Morgan fingerprint density at radius 3 is 2.29 bits per heavy atom. The molecule has 4 nitrogen and oxygen atoms in total. The quantitative estimate of drug-likeness (QED) is 0.601. The molecule has 0 spiro atoms. The van der Waals surface area contributed by atoms with Gasteiger partial charge >= 0.3 is 0 Å². The maximum Gasteiger partial charge on any atom is 0.119 e. The Kier molecular flexibility index (Phi) is 9.87. The summed E-state index contributed by atoms with van der Waals surface area (Å²) in [5, 5.41) is 3.45. The fourth-order valence-electron chi connectivity index (χ4n) is 2.00. The minimum absolute atomic E-state index is 0.205. The van der Waals surface area contributed by atoms with Crippen LogP contribution in [-0.4, -0.2) is 39.6 Å². The molecule has 1 aromatic carbocycles. The Bertz CT molecular complexity index is 354. The zero-order valence-electron chi connectivity index (χ0n) is 13.6. The number of hydrogen-bond donors (Lipinski definition) is 1. The Balaban J connectivity index is 2.46. The average molecular weight is 295 g/mol. The van der Waals surface area contributed by atoms with E-state index in [0.29, 0.717) is 19.8 Å². The molecule has 1 unspecified atom stereocenters. The van der Waals surface area contributed by atoms with Gasteiger partial charge in [0.25, 0.3) is 0 Å². The summed E-state index contributed by atoms with van der Waals surface area (Å²) in [6.45, 7) is 10.5. The largest absolute Gasteiger partial charge is 0.494 e. The van der Waals surface area contributed by atoms with E-state index in [0.717, 1.165) is 31.9 Å². The van der Waals surface area contributed by atoms with Crippen molar-refractivity contribution >= 4 is 0 Å². The first-order valence-electron chi connectivity index (χ1n) is 7.93. The van der Waals surface area contributed by atoms with Gasteiger partial charge in [0.15, 0.2) is 0 Å². The fourth-order valence-corrected chi connectivity index (χ4v) is 2.00. The van der Waals surface area contributed by atoms with Crippen molar-refractivity contribution in [2.45, 2.75) is 33.2 Å². The second-order valence-electron chi connectivity index (χ2n) is 4.80. The molecular formula is C17H29NO3. The highest BCUT2D eigenvalue weighted by Gasteiger charge is 2.10. The summed E-state index contributed by atoms with van der Waals surface area (Å²) < 4.78 is 16.6. The molecule has 21 heavy (non-hydrogen) atoms. The minimum atomic E-state index is 0.205. The van der Waals surface area contributed by atoms with Crippen LogP contribution in [0, 0.1) is 0 Å². The second-order valence-corrected chi connectivity index (χ2v) is 4.80. The fraction of sp³-hybridized carbons (Fsp3) is 0.647. The lowest BCUT2D eigenvalue weighted by atomic mass is 10.1. The van der Waals surface area contributed by atoms with Crippen LogP contribution in [0.5, 0.6) is 5.75 Å². The van der Waals surface area contributed by atoms with Crippen molar-refractivity contribution in [1.29, 1.82) is 0 Å². The molecule has 0 aliphatic rings. The van der Waals surface area contributed by atoms with Crippen LogP contribution >= 0.6 is 0 Å². The highest BCUT2D eigenvalue weighted by Crippen LogP contribution is 2.18. The first-order chi connectivity index (χ1) is 10.3. The maximum atomic E-state index is 5.68. The molecule has 0 saturated heterocycles. The zero-order valence-corrected chi connectivity index (χ0v) is 13.6. The lowest BCUT2D eigenvalue weighted by Crippen LogP contribution is -2.26. The number of rotatable bonds is 12. The molecule has 1 N–H and O–H groups in total. The van der Waals surface area contributed by atoms with Crippen molar-refractivity contribution in [3.63, 3.8) is 0 Å². The van der Waals surface area contributed by atoms with E-state index in [4.69, 9.17) is 14.2 Å². The van der Waals surface area contributed by atoms with Gasteiger partial charge in [-0.15, -0.1) is 0 Å². The summed E-state index contributed by atoms with van der Waals surface area (Å²) in [6.07, 6.45) is 1.02. The van der Waals surface area contributed by atoms with Crippen LogP contribution in [0.1, 0.15) is 38.8 Å². The Hall–Kier alpha value is -1.10. The van der Waals surface area contributed by atoms with Gasteiger partial charge < -0.3 is 19.5 Å². The molecule has 0 radical (unpaired) electrons. The highest BCUT2D eigenvalue weighted by molar-refractivity contribution is 5.29. The topological polar surface area (TPSA) is 39.7 Å². The molecule has 1 rings (SSSR count). The van der Waals surface area contributed by atoms with Crippen molar-refractivity contribution in [2.75, 3.05) is 39.6 Å². The van der Waals surface area contributed by atoms with E-state index in [1.54, 1.807) is 0 Å². The molecule has 0 aromatic heterocycles. The molecule has 1 atom stereocenters. The third-order valence-corrected chi connectivity index (χ3v) is 3.07. The summed E-state index contributed by atoms with van der Waals surface area (Å²) in [5.41, 5.74) is 1.22. The monoisotopic (exact) mass is 295 g/mol. The summed E-state index contributed by atoms with van der Waals surface area (Å²) in [7, 11) is 0. The average Bonchev–Trinajstić information content (AvgIpc) is 2.52. The summed E-state index contributed by atoms with van der Waals surface area (Å²) in [4.78, 5) is 0. The van der Waals surface area contributed by atoms with Crippen LogP contribution in [-0.2, 0) is 9.47 Å². The predicted molar refractivity (Wildman–Crippen MR) is 86.0 cm³/mol. The Morgan fingerprint density at radius 1 is 0.952 bits per heavy atom. The number of likely N-dealkylation sites (N-methyl/N-ethyl adjacent to an activating group) is 1. The highest BCUT2D eigenvalue weighted by atomic mass is 16.5. The molecule has 4 heteroatoms. The van der Waals surface area contributed by atoms with Crippen molar-refractivity contribution in [2.24, 2.45) is 0 Å². The zero-order chi connectivity index (χ0) is 15.3. The van der Waals surface area contributed by atoms with E-state index in [9.17, 15) is 0 Å². The van der Waals surface area contributed by atoms with Crippen LogP contribution in [0.3, 0.4) is 0 Å². The van der Waals surface area contributed by atoms with Gasteiger partial charge in [0.05, 0.1) is 32.5 Å². The third kappa shape index (κ3) is 7.46. The van der Waals surface area contributed by atoms with E-state index >= 15 is 0 Å². The van der Waals surface area contributed by atoms with E-state index in [2.05, 4.69) is 31.3 Å². The van der Waals surface area contributed by atoms with Crippen LogP contribution < -0.4 is 10.1 Å². The molecule has 0 fully saturated rings. The van der Waals surface area contributed by atoms with Gasteiger partial charge in [0.1, 0.15) is 5.75 Å². The lowest BCUT2D eigenvalue weighted by Gasteiger charge is -2.19. The van der Waals surface area contributed by atoms with Crippen LogP contribution in [0.25, 0.3) is 0 Å². The van der Waals surface area contributed by atoms with E-state index in [-0.39, 0.29) is 6.04 Å². The van der Waals surface area contributed by atoms with Gasteiger partial charge in [-0.2, -0.15) is 0 Å². The number of ether oxygens (including phenoxy) is 3. The smallest absolute Gasteiger partial charge is 0.119 e. The van der Waals surface area contributed by atoms with Crippen molar-refractivity contribution in [3.8, 4) is 5.75 Å². The molecule has 0 aliphatic carbocycles. The van der Waals surface area contributed by atoms with Crippen molar-refractivity contribution in [1.82, 2.24) is 5.32 Å². The summed E-state index contributed by atoms with van der Waals surface area (Å²) in [6, 6.07) is 8.45. The first kappa shape index (κ1) is 18.0. The van der Waals surface area contributed by atoms with Gasteiger partial charge in [-0.1, -0.05) is 26.0 Å². The van der Waals surface area contributed by atoms with E-state index in [1.165, 1.54) is 5.56 Å². The Labute approximate surface area is 128 Å². The van der Waals surface area contributed by atoms with E-state index in [1.807, 2.05) is 19.1 Å². The molecule has 120 valence electrons. The van der Waals surface area contributed by atoms with Crippen LogP contribution in [0.15, 0.2) is 24.3 Å². The molecule has 0 saturated carbocycles. The molecular weight excluding hydrogens is 266 g/mol. The van der Waals surface area contributed by atoms with Gasteiger partial charge in [0, 0.05) is 6.61 Å². The standard InChI is InChI=1S/C17H29NO3/c1-4-11-21-16-9-7-15(8-10-16)17(18-5-2)14-20-13-12-19-6-3/h7-10,17-18H,4-6,11-14H2,1-3H3. The molecule has 0 amide bonds. The van der Waals surface area contributed by atoms with Gasteiger partial charge in [-0.25, -0.2) is 0 Å². The van der Waals surface area contributed by atoms with E-state index < -0.39 is 0 Å². The number of benzene rings is 1. The normalized spacial score (nSPS) is 12.3. The number of hydrogen-bond acceptors (Lipinski definition) is 4. The van der Waals surface area contributed by atoms with Gasteiger partial charge in [-0.05, 0) is 37.6 Å². The predicted octanol–water partition coefficient (Wildman–Crippen LogP) is 3.18. The second kappa shape index (κ2) is 11.5. The molecule has 0 heterocycles. The molecule has 0 aliphatic heterocycles. The molecule has 0 bridgehead atoms. The Morgan fingerprint density at radius 2 is 1.67 bits per heavy atom. The first-order valence-corrected chi connectivity index (χ1v) is 7.93. The summed E-state index contributed by atoms with van der Waals surface area (Å²) >= 11 is 0. The lowest BCUT2D eigenvalue weighted by molar-refractivity contribution is 0.0435. The van der Waals surface area contributed by atoms with Gasteiger partial charge in [0.2, 0.25) is 0 Å². The maximum absolute atomic E-state index is 5.68. The van der Waals surface area contributed by atoms with Crippen LogP contribution in [0.4, 0.5) is 0 Å². The van der Waals surface area contributed by atoms with Crippen molar-refractivity contribution < 1.29 is 14.2 Å². The molecule has 1 aromatic rings. The van der Waals surface area contributed by atoms with Crippen LogP contribution in [0.2, 0.25) is 0 Å². The van der Waals surface area contributed by atoms with Gasteiger partial charge in [-0.3, -0.25) is 0 Å². The van der Waals surface area contributed by atoms with Crippen molar-refractivity contribution in [3.05, 3.63) is 29.8 Å². The number of nitrogens with one attached hydrogen (secondary N) is 1. The third-order valence-electron chi connectivity index (χ3n) is 3.07.